The minimum atomic E-state index is 0.0133. The fraction of sp³-hybridized carbons (Fsp3) is 0.150. The molecule has 0 saturated carbocycles. The van der Waals surface area contributed by atoms with E-state index < -0.39 is 0 Å². The summed E-state index contributed by atoms with van der Waals surface area (Å²) < 4.78 is 0. The van der Waals surface area contributed by atoms with E-state index >= 15 is 0 Å². The summed E-state index contributed by atoms with van der Waals surface area (Å²) in [6, 6.07) is 13.2. The van der Waals surface area contributed by atoms with Crippen LogP contribution in [-0.4, -0.2) is 22.5 Å². The minimum absolute atomic E-state index is 0.0133. The maximum Gasteiger partial charge on any atom is 0.246 e. The van der Waals surface area contributed by atoms with Gasteiger partial charge in [-0.05, 0) is 35.2 Å². The van der Waals surface area contributed by atoms with E-state index in [0.29, 0.717) is 12.2 Å². The highest BCUT2D eigenvalue weighted by Gasteiger charge is 2.18. The lowest BCUT2D eigenvalue weighted by molar-refractivity contribution is -0.126. The van der Waals surface area contributed by atoms with E-state index in [9.17, 15) is 9.90 Å². The molecule has 122 valence electrons. The Morgan fingerprint density at radius 2 is 1.92 bits per heavy atom. The fourth-order valence-electron chi connectivity index (χ4n) is 2.77. The highest BCUT2D eigenvalue weighted by molar-refractivity contribution is 5.88. The molecule has 0 aromatic heterocycles. The maximum atomic E-state index is 12.3. The van der Waals surface area contributed by atoms with Gasteiger partial charge in [0.25, 0.3) is 0 Å². The third-order valence-corrected chi connectivity index (χ3v) is 4.13. The molecule has 0 spiro atoms. The predicted octanol–water partition coefficient (Wildman–Crippen LogP) is 3.13. The van der Waals surface area contributed by atoms with Crippen molar-refractivity contribution in [2.24, 2.45) is 0 Å². The number of nitrogen functional groups attached to an aromatic ring is 1. The average Bonchev–Trinajstić information content (AvgIpc) is 2.61. The smallest absolute Gasteiger partial charge is 0.246 e. The van der Waals surface area contributed by atoms with E-state index in [2.05, 4.69) is 12.1 Å². The SMILES string of the molecule is Nc1cc(/C=C/C=C/C(=O)N2CCc3ccccc3C2)ccc1O. The van der Waals surface area contributed by atoms with Gasteiger partial charge in [0, 0.05) is 19.2 Å². The third-order valence-electron chi connectivity index (χ3n) is 4.13. The monoisotopic (exact) mass is 320 g/mol. The number of hydrogen-bond acceptors (Lipinski definition) is 3. The zero-order valence-electron chi connectivity index (χ0n) is 13.4. The Balaban J connectivity index is 1.60. The van der Waals surface area contributed by atoms with E-state index in [4.69, 9.17) is 5.73 Å². The molecule has 2 aromatic carbocycles. The van der Waals surface area contributed by atoms with Crippen LogP contribution < -0.4 is 5.73 Å². The minimum Gasteiger partial charge on any atom is -0.506 e. The first-order valence-electron chi connectivity index (χ1n) is 7.92. The molecular formula is C20H20N2O2. The summed E-state index contributed by atoms with van der Waals surface area (Å²) in [5.41, 5.74) is 9.41. The Labute approximate surface area is 141 Å². The number of rotatable bonds is 3. The van der Waals surface area contributed by atoms with E-state index in [1.807, 2.05) is 23.1 Å². The molecule has 2 aromatic rings. The molecule has 1 heterocycles. The van der Waals surface area contributed by atoms with Crippen LogP contribution in [0, 0.1) is 0 Å². The molecule has 0 bridgehead atoms. The van der Waals surface area contributed by atoms with Gasteiger partial charge >= 0.3 is 0 Å². The van der Waals surface area contributed by atoms with E-state index in [1.54, 1.807) is 36.4 Å². The number of aromatic hydroxyl groups is 1. The highest BCUT2D eigenvalue weighted by atomic mass is 16.3. The van der Waals surface area contributed by atoms with Gasteiger partial charge < -0.3 is 15.7 Å². The van der Waals surface area contributed by atoms with Crippen LogP contribution in [0.15, 0.2) is 60.7 Å². The predicted molar refractivity (Wildman–Crippen MR) is 96.3 cm³/mol. The second-order valence-corrected chi connectivity index (χ2v) is 5.81. The molecule has 3 N–H and O–H groups in total. The quantitative estimate of drug-likeness (QED) is 0.395. The van der Waals surface area contributed by atoms with Crippen molar-refractivity contribution in [3.8, 4) is 5.75 Å². The van der Waals surface area contributed by atoms with Gasteiger partial charge in [0.05, 0.1) is 5.69 Å². The normalized spacial score (nSPS) is 14.2. The Morgan fingerprint density at radius 1 is 1.12 bits per heavy atom. The number of allylic oxidation sites excluding steroid dienone is 2. The molecule has 4 heteroatoms. The van der Waals surface area contributed by atoms with Gasteiger partial charge in [-0.25, -0.2) is 0 Å². The van der Waals surface area contributed by atoms with E-state index in [-0.39, 0.29) is 11.7 Å². The maximum absolute atomic E-state index is 12.3. The third kappa shape index (κ3) is 3.66. The number of carbonyl (C=O) groups is 1. The molecule has 0 fully saturated rings. The molecule has 0 saturated heterocycles. The highest BCUT2D eigenvalue weighted by Crippen LogP contribution is 2.21. The lowest BCUT2D eigenvalue weighted by Crippen LogP contribution is -2.34. The molecule has 1 amide bonds. The van der Waals surface area contributed by atoms with Crippen molar-refractivity contribution < 1.29 is 9.90 Å². The number of fused-ring (bicyclic) bond motifs is 1. The van der Waals surface area contributed by atoms with Crippen LogP contribution >= 0.6 is 0 Å². The number of carbonyl (C=O) groups excluding carboxylic acids is 1. The van der Waals surface area contributed by atoms with Gasteiger partial charge in [0.2, 0.25) is 5.91 Å². The molecular weight excluding hydrogens is 300 g/mol. The molecule has 0 radical (unpaired) electrons. The van der Waals surface area contributed by atoms with E-state index in [0.717, 1.165) is 18.5 Å². The number of phenols is 1. The first kappa shape index (κ1) is 15.9. The van der Waals surface area contributed by atoms with Crippen LogP contribution in [0.3, 0.4) is 0 Å². The Kier molecular flexibility index (Phi) is 4.66. The number of anilines is 1. The standard InChI is InChI=1S/C20H20N2O2/c21-18-13-15(9-10-19(18)23)5-1-4-8-20(24)22-12-11-16-6-2-3-7-17(16)14-22/h1-10,13,23H,11-12,14,21H2/b5-1+,8-4+. The van der Waals surface area contributed by atoms with Crippen molar-refractivity contribution in [2.45, 2.75) is 13.0 Å². The van der Waals surface area contributed by atoms with E-state index in [1.165, 1.54) is 11.1 Å². The molecule has 0 atom stereocenters. The lowest BCUT2D eigenvalue weighted by Gasteiger charge is -2.27. The van der Waals surface area contributed by atoms with Gasteiger partial charge in [-0.2, -0.15) is 0 Å². The summed E-state index contributed by atoms with van der Waals surface area (Å²) in [5.74, 6) is 0.0858. The zero-order chi connectivity index (χ0) is 16.9. The van der Waals surface area contributed by atoms with Gasteiger partial charge in [0.15, 0.2) is 0 Å². The Hall–Kier alpha value is -3.01. The number of nitrogens with two attached hydrogens (primary N) is 1. The Morgan fingerprint density at radius 3 is 2.71 bits per heavy atom. The van der Waals surface area contributed by atoms with Crippen molar-refractivity contribution in [3.63, 3.8) is 0 Å². The van der Waals surface area contributed by atoms with Crippen molar-refractivity contribution in [3.05, 3.63) is 77.4 Å². The number of amides is 1. The van der Waals surface area contributed by atoms with Crippen molar-refractivity contribution in [1.29, 1.82) is 0 Å². The summed E-state index contributed by atoms with van der Waals surface area (Å²) in [6.45, 7) is 1.41. The van der Waals surface area contributed by atoms with Crippen LogP contribution in [0.4, 0.5) is 5.69 Å². The summed E-state index contributed by atoms with van der Waals surface area (Å²) in [4.78, 5) is 14.1. The van der Waals surface area contributed by atoms with Gasteiger partial charge in [-0.15, -0.1) is 0 Å². The van der Waals surface area contributed by atoms with Crippen LogP contribution in [0.2, 0.25) is 0 Å². The van der Waals surface area contributed by atoms with Crippen molar-refractivity contribution >= 4 is 17.7 Å². The molecule has 1 aliphatic heterocycles. The first-order chi connectivity index (χ1) is 11.6. The largest absolute Gasteiger partial charge is 0.506 e. The van der Waals surface area contributed by atoms with Gasteiger partial charge in [-0.3, -0.25) is 4.79 Å². The van der Waals surface area contributed by atoms with Gasteiger partial charge in [0.1, 0.15) is 5.75 Å². The lowest BCUT2D eigenvalue weighted by atomic mass is 10.00. The molecule has 1 aliphatic rings. The molecule has 0 aliphatic carbocycles. The first-order valence-corrected chi connectivity index (χ1v) is 7.92. The number of benzene rings is 2. The summed E-state index contributed by atoms with van der Waals surface area (Å²) >= 11 is 0. The zero-order valence-corrected chi connectivity index (χ0v) is 13.4. The molecule has 0 unspecified atom stereocenters. The number of nitrogens with zero attached hydrogens (tertiary/aromatic N) is 1. The summed E-state index contributed by atoms with van der Waals surface area (Å²) in [5, 5.41) is 9.39. The summed E-state index contributed by atoms with van der Waals surface area (Å²) in [7, 11) is 0. The van der Waals surface area contributed by atoms with Crippen LogP contribution in [0.25, 0.3) is 6.08 Å². The number of phenolic OH excluding ortho intramolecular Hbond substituents is 1. The molecule has 4 nitrogen and oxygen atoms in total. The number of hydrogen-bond donors (Lipinski definition) is 2. The van der Waals surface area contributed by atoms with Crippen LogP contribution in [0.1, 0.15) is 16.7 Å². The van der Waals surface area contributed by atoms with Crippen LogP contribution in [0.5, 0.6) is 5.75 Å². The topological polar surface area (TPSA) is 66.6 Å². The average molecular weight is 320 g/mol. The molecule has 3 rings (SSSR count). The second kappa shape index (κ2) is 7.04. The Bertz CT molecular complexity index is 809. The summed E-state index contributed by atoms with van der Waals surface area (Å²) in [6.07, 6.45) is 7.84. The molecule has 24 heavy (non-hydrogen) atoms. The van der Waals surface area contributed by atoms with Crippen LogP contribution in [-0.2, 0) is 17.8 Å². The van der Waals surface area contributed by atoms with Crippen molar-refractivity contribution in [2.75, 3.05) is 12.3 Å². The fourth-order valence-corrected chi connectivity index (χ4v) is 2.77. The van der Waals surface area contributed by atoms with Gasteiger partial charge in [-0.1, -0.05) is 48.6 Å². The second-order valence-electron chi connectivity index (χ2n) is 5.81. The van der Waals surface area contributed by atoms with Crippen molar-refractivity contribution in [1.82, 2.24) is 4.90 Å².